The van der Waals surface area contributed by atoms with E-state index in [0.29, 0.717) is 0 Å². The van der Waals surface area contributed by atoms with Gasteiger partial charge in [-0.15, -0.1) is 12.4 Å². The number of rotatable bonds is 0. The summed E-state index contributed by atoms with van der Waals surface area (Å²) in [5.41, 5.74) is 0. The van der Waals surface area contributed by atoms with Crippen LogP contribution in [0.5, 0.6) is 0 Å². The SMILES string of the molecule is Cl.O=S1(=O)C=CN=CC1. The third-order valence-corrected chi connectivity index (χ3v) is 1.92. The number of sulfone groups is 1. The van der Waals surface area contributed by atoms with Crippen LogP contribution in [0.4, 0.5) is 0 Å². The van der Waals surface area contributed by atoms with E-state index in [2.05, 4.69) is 4.99 Å². The quantitative estimate of drug-likeness (QED) is 0.524. The molecule has 1 aliphatic heterocycles. The van der Waals surface area contributed by atoms with E-state index in [0.717, 1.165) is 5.41 Å². The molecular formula is C4H6ClNO2S. The summed E-state index contributed by atoms with van der Waals surface area (Å²) in [7, 11) is -2.91. The van der Waals surface area contributed by atoms with Crippen molar-refractivity contribution in [2.45, 2.75) is 0 Å². The fourth-order valence-corrected chi connectivity index (χ4v) is 1.05. The molecule has 0 aliphatic carbocycles. The summed E-state index contributed by atoms with van der Waals surface area (Å²) in [6.07, 6.45) is 2.65. The van der Waals surface area contributed by atoms with E-state index in [1.54, 1.807) is 0 Å². The van der Waals surface area contributed by atoms with Gasteiger partial charge in [0, 0.05) is 17.8 Å². The molecule has 52 valence electrons. The first-order valence-corrected chi connectivity index (χ1v) is 3.83. The molecule has 0 unspecified atom stereocenters. The summed E-state index contributed by atoms with van der Waals surface area (Å²) in [6, 6.07) is 0. The zero-order valence-corrected chi connectivity index (χ0v) is 6.15. The van der Waals surface area contributed by atoms with Crippen LogP contribution in [0.3, 0.4) is 0 Å². The first kappa shape index (κ1) is 8.65. The van der Waals surface area contributed by atoms with E-state index >= 15 is 0 Å². The topological polar surface area (TPSA) is 46.5 Å². The highest BCUT2D eigenvalue weighted by Gasteiger charge is 2.04. The van der Waals surface area contributed by atoms with Crippen molar-refractivity contribution >= 4 is 28.5 Å². The van der Waals surface area contributed by atoms with Gasteiger partial charge in [-0.2, -0.15) is 0 Å². The highest BCUT2D eigenvalue weighted by atomic mass is 35.5. The molecule has 0 aromatic carbocycles. The van der Waals surface area contributed by atoms with Gasteiger partial charge >= 0.3 is 0 Å². The smallest absolute Gasteiger partial charge is 0.178 e. The van der Waals surface area contributed by atoms with Crippen LogP contribution in [-0.4, -0.2) is 20.4 Å². The lowest BCUT2D eigenvalue weighted by Gasteiger charge is -1.93. The van der Waals surface area contributed by atoms with Crippen LogP contribution in [0.25, 0.3) is 0 Å². The third kappa shape index (κ3) is 2.62. The van der Waals surface area contributed by atoms with Crippen molar-refractivity contribution in [3.8, 4) is 0 Å². The Labute approximate surface area is 59.8 Å². The van der Waals surface area contributed by atoms with Crippen molar-refractivity contribution in [2.24, 2.45) is 4.99 Å². The fraction of sp³-hybridized carbons (Fsp3) is 0.250. The van der Waals surface area contributed by atoms with Crippen molar-refractivity contribution in [2.75, 3.05) is 5.75 Å². The van der Waals surface area contributed by atoms with Crippen molar-refractivity contribution < 1.29 is 8.42 Å². The van der Waals surface area contributed by atoms with E-state index in [4.69, 9.17) is 0 Å². The van der Waals surface area contributed by atoms with Gasteiger partial charge in [-0.3, -0.25) is 4.99 Å². The van der Waals surface area contributed by atoms with Crippen LogP contribution in [0.15, 0.2) is 16.6 Å². The maximum absolute atomic E-state index is 10.5. The van der Waals surface area contributed by atoms with Crippen LogP contribution >= 0.6 is 12.4 Å². The molecule has 0 saturated carbocycles. The first-order valence-electron chi connectivity index (χ1n) is 2.12. The highest BCUT2D eigenvalue weighted by molar-refractivity contribution is 7.94. The lowest BCUT2D eigenvalue weighted by molar-refractivity contribution is 0.608. The molecule has 1 heterocycles. The van der Waals surface area contributed by atoms with Crippen LogP contribution in [0.1, 0.15) is 0 Å². The number of nitrogens with zero attached hydrogens (tertiary/aromatic N) is 1. The van der Waals surface area contributed by atoms with Gasteiger partial charge in [-0.25, -0.2) is 8.42 Å². The minimum absolute atomic E-state index is 0. The Kier molecular flexibility index (Phi) is 2.87. The van der Waals surface area contributed by atoms with Crippen molar-refractivity contribution in [3.05, 3.63) is 11.6 Å². The summed E-state index contributed by atoms with van der Waals surface area (Å²) in [5.74, 6) is 0.0451. The Morgan fingerprint density at radius 1 is 1.44 bits per heavy atom. The average Bonchev–Trinajstić information content (AvgIpc) is 1.65. The second-order valence-electron chi connectivity index (χ2n) is 1.45. The molecule has 0 aromatic rings. The third-order valence-electron chi connectivity index (χ3n) is 0.767. The van der Waals surface area contributed by atoms with Gasteiger partial charge in [0.2, 0.25) is 0 Å². The maximum atomic E-state index is 10.5. The maximum Gasteiger partial charge on any atom is 0.178 e. The molecular weight excluding hydrogens is 162 g/mol. The second-order valence-corrected chi connectivity index (χ2v) is 3.38. The molecule has 0 N–H and O–H groups in total. The monoisotopic (exact) mass is 167 g/mol. The molecule has 0 bridgehead atoms. The summed E-state index contributed by atoms with van der Waals surface area (Å²) in [6.45, 7) is 0. The van der Waals surface area contributed by atoms with Crippen molar-refractivity contribution in [1.29, 1.82) is 0 Å². The molecule has 5 heteroatoms. The highest BCUT2D eigenvalue weighted by Crippen LogP contribution is 1.95. The zero-order valence-electron chi connectivity index (χ0n) is 4.52. The standard InChI is InChI=1S/C4H5NO2S.ClH/c6-8(7)3-1-5-2-4-8;/h1-3H,4H2;1H. The van der Waals surface area contributed by atoms with Gasteiger partial charge in [0.1, 0.15) is 0 Å². The second kappa shape index (κ2) is 2.98. The molecule has 1 rings (SSSR count). The molecule has 0 amide bonds. The number of aliphatic imine (C=N–C) groups is 1. The Morgan fingerprint density at radius 3 is 2.33 bits per heavy atom. The first-order chi connectivity index (χ1) is 3.71. The minimum Gasteiger partial charge on any atom is -0.267 e. The summed E-state index contributed by atoms with van der Waals surface area (Å²) in [5, 5.41) is 1.10. The summed E-state index contributed by atoms with van der Waals surface area (Å²) < 4.78 is 20.9. The van der Waals surface area contributed by atoms with E-state index < -0.39 is 9.84 Å². The van der Waals surface area contributed by atoms with Gasteiger partial charge in [0.25, 0.3) is 0 Å². The van der Waals surface area contributed by atoms with Gasteiger partial charge in [0.05, 0.1) is 5.75 Å². The minimum atomic E-state index is -2.91. The Bertz CT molecular complexity index is 229. The van der Waals surface area contributed by atoms with Crippen molar-refractivity contribution in [3.63, 3.8) is 0 Å². The summed E-state index contributed by atoms with van der Waals surface area (Å²) >= 11 is 0. The van der Waals surface area contributed by atoms with Crippen LogP contribution in [-0.2, 0) is 9.84 Å². The lowest BCUT2D eigenvalue weighted by atomic mass is 10.8. The van der Waals surface area contributed by atoms with E-state index in [9.17, 15) is 8.42 Å². The molecule has 0 atom stereocenters. The zero-order chi connectivity index (χ0) is 6.04. The van der Waals surface area contributed by atoms with E-state index in [1.165, 1.54) is 12.4 Å². The van der Waals surface area contributed by atoms with E-state index in [-0.39, 0.29) is 18.2 Å². The summed E-state index contributed by atoms with van der Waals surface area (Å²) in [4.78, 5) is 3.59. The molecule has 0 aromatic heterocycles. The molecule has 0 saturated heterocycles. The van der Waals surface area contributed by atoms with Crippen molar-refractivity contribution in [1.82, 2.24) is 0 Å². The van der Waals surface area contributed by atoms with Gasteiger partial charge in [0.15, 0.2) is 9.84 Å². The van der Waals surface area contributed by atoms with Gasteiger partial charge in [-0.05, 0) is 0 Å². The molecule has 0 fully saturated rings. The molecule has 9 heavy (non-hydrogen) atoms. The average molecular weight is 168 g/mol. The molecule has 1 aliphatic rings. The molecule has 0 radical (unpaired) electrons. The Hall–Kier alpha value is -0.350. The predicted molar refractivity (Wildman–Crippen MR) is 38.7 cm³/mol. The number of hydrogen-bond acceptors (Lipinski definition) is 3. The molecule has 0 spiro atoms. The predicted octanol–water partition coefficient (Wildman–Crippen LogP) is 0.379. The normalized spacial score (nSPS) is 20.9. The van der Waals surface area contributed by atoms with Crippen LogP contribution in [0.2, 0.25) is 0 Å². The van der Waals surface area contributed by atoms with Gasteiger partial charge in [-0.1, -0.05) is 0 Å². The van der Waals surface area contributed by atoms with Gasteiger partial charge < -0.3 is 0 Å². The van der Waals surface area contributed by atoms with Crippen LogP contribution in [0, 0.1) is 0 Å². The lowest BCUT2D eigenvalue weighted by Crippen LogP contribution is -2.05. The largest absolute Gasteiger partial charge is 0.267 e. The Balaban J connectivity index is 0.000000640. The number of halogens is 1. The fourth-order valence-electron chi connectivity index (χ4n) is 0.391. The number of hydrogen-bond donors (Lipinski definition) is 0. The Morgan fingerprint density at radius 2 is 2.11 bits per heavy atom. The molecule has 3 nitrogen and oxygen atoms in total. The van der Waals surface area contributed by atoms with Crippen LogP contribution < -0.4 is 0 Å². The van der Waals surface area contributed by atoms with E-state index in [1.807, 2.05) is 0 Å².